The molecule has 0 aliphatic heterocycles. The van der Waals surface area contributed by atoms with Crippen LogP contribution in [-0.2, 0) is 4.79 Å². The van der Waals surface area contributed by atoms with Gasteiger partial charge in [0, 0.05) is 24.2 Å². The standard InChI is InChI=1S/C13H19N3O3/c1-10(7-8-14)5-6-13(17)15-11-3-2-4-12(9-11)16(18)19/h2-4,9-10H,5-8,14H2,1H3,(H,15,17). The second kappa shape index (κ2) is 7.48. The van der Waals surface area contributed by atoms with Crippen molar-refractivity contribution in [2.75, 3.05) is 11.9 Å². The summed E-state index contributed by atoms with van der Waals surface area (Å²) in [6.07, 6.45) is 2.05. The third-order valence-corrected chi connectivity index (χ3v) is 2.86. The van der Waals surface area contributed by atoms with Gasteiger partial charge in [-0.25, -0.2) is 0 Å². The molecule has 0 fully saturated rings. The van der Waals surface area contributed by atoms with Crippen molar-refractivity contribution in [2.24, 2.45) is 11.7 Å². The van der Waals surface area contributed by atoms with E-state index in [9.17, 15) is 14.9 Å². The number of amides is 1. The van der Waals surface area contributed by atoms with E-state index in [1.54, 1.807) is 12.1 Å². The van der Waals surface area contributed by atoms with E-state index >= 15 is 0 Å². The minimum absolute atomic E-state index is 0.0331. The number of benzene rings is 1. The van der Waals surface area contributed by atoms with Gasteiger partial charge < -0.3 is 11.1 Å². The summed E-state index contributed by atoms with van der Waals surface area (Å²) in [6, 6.07) is 5.92. The highest BCUT2D eigenvalue weighted by atomic mass is 16.6. The number of anilines is 1. The largest absolute Gasteiger partial charge is 0.330 e. The summed E-state index contributed by atoms with van der Waals surface area (Å²) in [5, 5.41) is 13.3. The molecule has 1 atom stereocenters. The van der Waals surface area contributed by atoms with Crippen LogP contribution in [0, 0.1) is 16.0 Å². The Hall–Kier alpha value is -1.95. The number of carbonyl (C=O) groups is 1. The van der Waals surface area contributed by atoms with Crippen molar-refractivity contribution in [2.45, 2.75) is 26.2 Å². The zero-order valence-corrected chi connectivity index (χ0v) is 11.0. The third kappa shape index (κ3) is 5.48. The number of hydrogen-bond donors (Lipinski definition) is 2. The van der Waals surface area contributed by atoms with E-state index in [1.807, 2.05) is 6.92 Å². The predicted octanol–water partition coefficient (Wildman–Crippen LogP) is 2.30. The van der Waals surface area contributed by atoms with Crippen molar-refractivity contribution in [3.8, 4) is 0 Å². The summed E-state index contributed by atoms with van der Waals surface area (Å²) in [7, 11) is 0. The summed E-state index contributed by atoms with van der Waals surface area (Å²) in [6.45, 7) is 2.67. The first-order chi connectivity index (χ1) is 9.02. The lowest BCUT2D eigenvalue weighted by atomic mass is 10.0. The maximum atomic E-state index is 11.7. The summed E-state index contributed by atoms with van der Waals surface area (Å²) in [4.78, 5) is 21.8. The van der Waals surface area contributed by atoms with Crippen molar-refractivity contribution in [1.29, 1.82) is 0 Å². The Kier molecular flexibility index (Phi) is 5.95. The fourth-order valence-corrected chi connectivity index (χ4v) is 1.73. The van der Waals surface area contributed by atoms with E-state index < -0.39 is 4.92 Å². The Bertz CT molecular complexity index is 449. The Morgan fingerprint density at radius 1 is 1.47 bits per heavy atom. The highest BCUT2D eigenvalue weighted by molar-refractivity contribution is 5.90. The van der Waals surface area contributed by atoms with Crippen LogP contribution >= 0.6 is 0 Å². The molecule has 0 aliphatic rings. The van der Waals surface area contributed by atoms with E-state index in [0.29, 0.717) is 24.6 Å². The van der Waals surface area contributed by atoms with Gasteiger partial charge in [0.15, 0.2) is 0 Å². The molecule has 6 heteroatoms. The van der Waals surface area contributed by atoms with Gasteiger partial charge in [0.2, 0.25) is 5.91 Å². The van der Waals surface area contributed by atoms with Gasteiger partial charge in [0.25, 0.3) is 5.69 Å². The predicted molar refractivity (Wildman–Crippen MR) is 73.8 cm³/mol. The molecule has 0 saturated heterocycles. The van der Waals surface area contributed by atoms with Crippen molar-refractivity contribution in [1.82, 2.24) is 0 Å². The normalized spacial score (nSPS) is 11.9. The molecule has 104 valence electrons. The SMILES string of the molecule is CC(CCN)CCC(=O)Nc1cccc([N+](=O)[O-])c1. The number of nitrogens with zero attached hydrogens (tertiary/aromatic N) is 1. The van der Waals surface area contributed by atoms with Crippen LogP contribution in [0.1, 0.15) is 26.2 Å². The fraction of sp³-hybridized carbons (Fsp3) is 0.462. The number of non-ortho nitro benzene ring substituents is 1. The molecule has 0 spiro atoms. The Balaban J connectivity index is 2.48. The van der Waals surface area contributed by atoms with Gasteiger partial charge >= 0.3 is 0 Å². The van der Waals surface area contributed by atoms with E-state index in [1.165, 1.54) is 12.1 Å². The number of nitro groups is 1. The molecular formula is C13H19N3O3. The van der Waals surface area contributed by atoms with Crippen LogP contribution < -0.4 is 11.1 Å². The molecule has 0 heterocycles. The first kappa shape index (κ1) is 15.1. The van der Waals surface area contributed by atoms with Gasteiger partial charge in [0.1, 0.15) is 0 Å². The van der Waals surface area contributed by atoms with Gasteiger partial charge in [-0.15, -0.1) is 0 Å². The molecular weight excluding hydrogens is 246 g/mol. The Labute approximate surface area is 112 Å². The lowest BCUT2D eigenvalue weighted by Crippen LogP contribution is -2.14. The average molecular weight is 265 g/mol. The first-order valence-electron chi connectivity index (χ1n) is 6.27. The van der Waals surface area contributed by atoms with E-state index in [2.05, 4.69) is 5.32 Å². The van der Waals surface area contributed by atoms with E-state index in [-0.39, 0.29) is 11.6 Å². The summed E-state index contributed by atoms with van der Waals surface area (Å²) in [5.74, 6) is 0.269. The number of rotatable bonds is 7. The lowest BCUT2D eigenvalue weighted by Gasteiger charge is -2.09. The number of nitrogens with two attached hydrogens (primary N) is 1. The van der Waals surface area contributed by atoms with Crippen molar-refractivity contribution < 1.29 is 9.72 Å². The zero-order chi connectivity index (χ0) is 14.3. The highest BCUT2D eigenvalue weighted by Crippen LogP contribution is 2.17. The minimum atomic E-state index is -0.487. The van der Waals surface area contributed by atoms with Crippen LogP contribution in [0.15, 0.2) is 24.3 Å². The van der Waals surface area contributed by atoms with Crippen LogP contribution in [0.3, 0.4) is 0 Å². The smallest absolute Gasteiger partial charge is 0.271 e. The van der Waals surface area contributed by atoms with E-state index in [0.717, 1.165) is 12.8 Å². The quantitative estimate of drug-likeness (QED) is 0.583. The number of nitro benzene ring substituents is 1. The summed E-state index contributed by atoms with van der Waals surface area (Å²) in [5.41, 5.74) is 5.86. The lowest BCUT2D eigenvalue weighted by molar-refractivity contribution is -0.384. The Morgan fingerprint density at radius 3 is 2.84 bits per heavy atom. The fourth-order valence-electron chi connectivity index (χ4n) is 1.73. The van der Waals surface area contributed by atoms with Crippen LogP contribution in [0.4, 0.5) is 11.4 Å². The molecule has 0 aromatic heterocycles. The first-order valence-corrected chi connectivity index (χ1v) is 6.27. The molecule has 1 unspecified atom stereocenters. The third-order valence-electron chi connectivity index (χ3n) is 2.86. The molecule has 19 heavy (non-hydrogen) atoms. The van der Waals surface area contributed by atoms with Crippen LogP contribution in [0.5, 0.6) is 0 Å². The summed E-state index contributed by atoms with van der Waals surface area (Å²) < 4.78 is 0. The Morgan fingerprint density at radius 2 is 2.21 bits per heavy atom. The monoisotopic (exact) mass is 265 g/mol. The van der Waals surface area contributed by atoms with Gasteiger partial charge in [-0.1, -0.05) is 13.0 Å². The molecule has 0 radical (unpaired) electrons. The molecule has 1 aromatic carbocycles. The molecule has 1 amide bonds. The van der Waals surface area contributed by atoms with Crippen LogP contribution in [0.2, 0.25) is 0 Å². The molecule has 1 aromatic rings. The van der Waals surface area contributed by atoms with Crippen molar-refractivity contribution in [3.63, 3.8) is 0 Å². The maximum Gasteiger partial charge on any atom is 0.271 e. The molecule has 6 nitrogen and oxygen atoms in total. The molecule has 0 saturated carbocycles. The second-order valence-corrected chi connectivity index (χ2v) is 4.58. The molecule has 0 bridgehead atoms. The highest BCUT2D eigenvalue weighted by Gasteiger charge is 2.09. The van der Waals surface area contributed by atoms with Crippen molar-refractivity contribution in [3.05, 3.63) is 34.4 Å². The van der Waals surface area contributed by atoms with Gasteiger partial charge in [-0.05, 0) is 31.4 Å². The molecule has 3 N–H and O–H groups in total. The summed E-state index contributed by atoms with van der Waals surface area (Å²) >= 11 is 0. The van der Waals surface area contributed by atoms with Crippen LogP contribution in [0.25, 0.3) is 0 Å². The topological polar surface area (TPSA) is 98.3 Å². The maximum absolute atomic E-state index is 11.7. The van der Waals surface area contributed by atoms with Gasteiger partial charge in [0.05, 0.1) is 4.92 Å². The van der Waals surface area contributed by atoms with Gasteiger partial charge in [-0.3, -0.25) is 14.9 Å². The van der Waals surface area contributed by atoms with Crippen molar-refractivity contribution >= 4 is 17.3 Å². The number of nitrogens with one attached hydrogen (secondary N) is 1. The van der Waals surface area contributed by atoms with Gasteiger partial charge in [-0.2, -0.15) is 0 Å². The second-order valence-electron chi connectivity index (χ2n) is 4.58. The number of hydrogen-bond acceptors (Lipinski definition) is 4. The average Bonchev–Trinajstić information content (AvgIpc) is 2.37. The van der Waals surface area contributed by atoms with E-state index in [4.69, 9.17) is 5.73 Å². The zero-order valence-electron chi connectivity index (χ0n) is 11.0. The van der Waals surface area contributed by atoms with Crippen LogP contribution in [-0.4, -0.2) is 17.4 Å². The number of carbonyl (C=O) groups excluding carboxylic acids is 1. The molecule has 0 aliphatic carbocycles. The minimum Gasteiger partial charge on any atom is -0.330 e. The molecule has 1 rings (SSSR count).